The van der Waals surface area contributed by atoms with Crippen LogP contribution >= 0.6 is 0 Å². The van der Waals surface area contributed by atoms with Crippen molar-refractivity contribution in [2.75, 3.05) is 13.2 Å². The largest absolute Gasteiger partial charge is 0.480 e. The Bertz CT molecular complexity index is 283. The van der Waals surface area contributed by atoms with Gasteiger partial charge in [0.05, 0.1) is 13.2 Å². The molecule has 1 amide bonds. The molecule has 2 aliphatic rings. The second-order valence-corrected chi connectivity index (χ2v) is 4.19. The number of carboxylic acids is 1. The van der Waals surface area contributed by atoms with Gasteiger partial charge in [0.15, 0.2) is 0 Å². The summed E-state index contributed by atoms with van der Waals surface area (Å²) in [7, 11) is 0. The van der Waals surface area contributed by atoms with Gasteiger partial charge < -0.3 is 19.9 Å². The number of nitrogens with one attached hydrogen (secondary N) is 1. The van der Waals surface area contributed by atoms with Gasteiger partial charge >= 0.3 is 12.1 Å². The van der Waals surface area contributed by atoms with E-state index in [0.29, 0.717) is 19.6 Å². The highest BCUT2D eigenvalue weighted by Crippen LogP contribution is 2.32. The number of carbonyl (C=O) groups excluding carboxylic acids is 1. The maximum absolute atomic E-state index is 11.4. The molecular weight excluding hydrogens is 214 g/mol. The summed E-state index contributed by atoms with van der Waals surface area (Å²) in [6.45, 7) is 0.984. The van der Waals surface area contributed by atoms with Crippen molar-refractivity contribution in [1.29, 1.82) is 0 Å². The molecule has 0 aromatic rings. The normalized spacial score (nSPS) is 26.1. The van der Waals surface area contributed by atoms with Gasteiger partial charge in [-0.25, -0.2) is 9.59 Å². The Morgan fingerprint density at radius 2 is 2.12 bits per heavy atom. The van der Waals surface area contributed by atoms with Crippen LogP contribution in [0.5, 0.6) is 0 Å². The Kier molecular flexibility index (Phi) is 3.28. The molecule has 16 heavy (non-hydrogen) atoms. The van der Waals surface area contributed by atoms with Gasteiger partial charge in [0.25, 0.3) is 0 Å². The molecule has 2 rings (SSSR count). The van der Waals surface area contributed by atoms with E-state index in [4.69, 9.17) is 14.6 Å². The minimum absolute atomic E-state index is 0.0601. The third kappa shape index (κ3) is 2.85. The predicted octanol–water partition coefficient (Wildman–Crippen LogP) is 0.365. The number of hydrogen-bond acceptors (Lipinski definition) is 4. The van der Waals surface area contributed by atoms with Gasteiger partial charge in [-0.2, -0.15) is 0 Å². The number of ether oxygens (including phenoxy) is 2. The van der Waals surface area contributed by atoms with Crippen LogP contribution in [-0.2, 0) is 14.3 Å². The van der Waals surface area contributed by atoms with Crippen molar-refractivity contribution in [3.8, 4) is 0 Å². The maximum Gasteiger partial charge on any atom is 0.408 e. The molecule has 1 heterocycles. The van der Waals surface area contributed by atoms with Gasteiger partial charge in [-0.3, -0.25) is 0 Å². The summed E-state index contributed by atoms with van der Waals surface area (Å²) in [6, 6.07) is -0.810. The highest BCUT2D eigenvalue weighted by Gasteiger charge is 2.38. The van der Waals surface area contributed by atoms with Crippen molar-refractivity contribution in [2.45, 2.75) is 31.4 Å². The van der Waals surface area contributed by atoms with E-state index in [1.165, 1.54) is 0 Å². The highest BCUT2D eigenvalue weighted by atomic mass is 16.6. The topological polar surface area (TPSA) is 84.9 Å². The van der Waals surface area contributed by atoms with E-state index in [2.05, 4.69) is 5.32 Å². The molecule has 2 fully saturated rings. The molecule has 6 heteroatoms. The molecule has 1 saturated carbocycles. The van der Waals surface area contributed by atoms with Crippen molar-refractivity contribution in [1.82, 2.24) is 5.32 Å². The van der Waals surface area contributed by atoms with Crippen LogP contribution in [0.25, 0.3) is 0 Å². The lowest BCUT2D eigenvalue weighted by molar-refractivity contribution is -0.140. The molecule has 6 nitrogen and oxygen atoms in total. The summed E-state index contributed by atoms with van der Waals surface area (Å²) in [5, 5.41) is 11.3. The number of aliphatic carboxylic acids is 1. The van der Waals surface area contributed by atoms with Crippen LogP contribution < -0.4 is 5.32 Å². The Labute approximate surface area is 92.9 Å². The van der Waals surface area contributed by atoms with E-state index in [0.717, 1.165) is 12.8 Å². The molecule has 0 bridgehead atoms. The molecule has 0 spiro atoms. The van der Waals surface area contributed by atoms with Gasteiger partial charge in [0.1, 0.15) is 12.1 Å². The van der Waals surface area contributed by atoms with Crippen molar-refractivity contribution in [3.05, 3.63) is 0 Å². The zero-order valence-corrected chi connectivity index (χ0v) is 8.85. The number of rotatable bonds is 4. The van der Waals surface area contributed by atoms with E-state index in [-0.39, 0.29) is 12.0 Å². The van der Waals surface area contributed by atoms with Crippen LogP contribution in [0.3, 0.4) is 0 Å². The number of alkyl carbamates (subject to hydrolysis) is 1. The quantitative estimate of drug-likeness (QED) is 0.727. The van der Waals surface area contributed by atoms with Crippen LogP contribution in [0.15, 0.2) is 0 Å². The molecule has 1 unspecified atom stereocenters. The second kappa shape index (κ2) is 4.69. The van der Waals surface area contributed by atoms with Crippen LogP contribution in [0.4, 0.5) is 4.79 Å². The van der Waals surface area contributed by atoms with Gasteiger partial charge in [-0.15, -0.1) is 0 Å². The zero-order valence-electron chi connectivity index (χ0n) is 8.85. The molecule has 0 aromatic heterocycles. The molecule has 2 atom stereocenters. The Morgan fingerprint density at radius 3 is 2.62 bits per heavy atom. The molecule has 0 aromatic carbocycles. The lowest BCUT2D eigenvalue weighted by atomic mass is 10.2. The standard InChI is InChI=1S/C10H15NO5/c12-9(13)8(6-1-2-6)11-10(14)16-7-3-4-15-5-7/h6-8H,1-5H2,(H,11,14)(H,12,13)/t7?,8-/m0/s1. The zero-order chi connectivity index (χ0) is 11.5. The smallest absolute Gasteiger partial charge is 0.408 e. The highest BCUT2D eigenvalue weighted by molar-refractivity contribution is 5.80. The Balaban J connectivity index is 1.77. The summed E-state index contributed by atoms with van der Waals surface area (Å²) in [5.41, 5.74) is 0. The van der Waals surface area contributed by atoms with Crippen LogP contribution in [0.2, 0.25) is 0 Å². The lowest BCUT2D eigenvalue weighted by Gasteiger charge is -2.15. The SMILES string of the molecule is O=C(N[C@H](C(=O)O)C1CC1)OC1CCOC1. The molecule has 1 aliphatic carbocycles. The summed E-state index contributed by atoms with van der Waals surface area (Å²) in [6.07, 6.45) is 1.48. The van der Waals surface area contributed by atoms with Gasteiger partial charge in [0.2, 0.25) is 0 Å². The van der Waals surface area contributed by atoms with Crippen LogP contribution in [-0.4, -0.2) is 42.5 Å². The number of carboxylic acid groups (broad SMARTS) is 1. The molecule has 1 saturated heterocycles. The molecule has 2 N–H and O–H groups in total. The van der Waals surface area contributed by atoms with Crippen molar-refractivity contribution in [3.63, 3.8) is 0 Å². The number of amides is 1. The molecule has 90 valence electrons. The fraction of sp³-hybridized carbons (Fsp3) is 0.800. The average molecular weight is 229 g/mol. The van der Waals surface area contributed by atoms with E-state index in [1.54, 1.807) is 0 Å². The van der Waals surface area contributed by atoms with Crippen molar-refractivity contribution >= 4 is 12.1 Å². The van der Waals surface area contributed by atoms with Crippen LogP contribution in [0, 0.1) is 5.92 Å². The van der Waals surface area contributed by atoms with Crippen molar-refractivity contribution < 1.29 is 24.2 Å². The summed E-state index contributed by atoms with van der Waals surface area (Å²) < 4.78 is 10.1. The molecule has 1 aliphatic heterocycles. The van der Waals surface area contributed by atoms with Crippen molar-refractivity contribution in [2.24, 2.45) is 5.92 Å². The van der Waals surface area contributed by atoms with Gasteiger partial charge in [0, 0.05) is 6.42 Å². The molecular formula is C10H15NO5. The lowest BCUT2D eigenvalue weighted by Crippen LogP contribution is -2.43. The summed E-state index contributed by atoms with van der Waals surface area (Å²) >= 11 is 0. The van der Waals surface area contributed by atoms with E-state index in [1.807, 2.05) is 0 Å². The first kappa shape index (κ1) is 11.2. The second-order valence-electron chi connectivity index (χ2n) is 4.19. The van der Waals surface area contributed by atoms with E-state index >= 15 is 0 Å². The van der Waals surface area contributed by atoms with Gasteiger partial charge in [-0.05, 0) is 18.8 Å². The Hall–Kier alpha value is -1.30. The fourth-order valence-corrected chi connectivity index (χ4v) is 1.73. The minimum atomic E-state index is -0.998. The molecule has 0 radical (unpaired) electrons. The first-order valence-electron chi connectivity index (χ1n) is 5.44. The van der Waals surface area contributed by atoms with Gasteiger partial charge in [-0.1, -0.05) is 0 Å². The average Bonchev–Trinajstić information content (AvgIpc) is 2.94. The minimum Gasteiger partial charge on any atom is -0.480 e. The third-order valence-corrected chi connectivity index (χ3v) is 2.79. The maximum atomic E-state index is 11.4. The Morgan fingerprint density at radius 1 is 1.38 bits per heavy atom. The number of carbonyl (C=O) groups is 2. The van der Waals surface area contributed by atoms with E-state index in [9.17, 15) is 9.59 Å². The van der Waals surface area contributed by atoms with E-state index < -0.39 is 18.1 Å². The summed E-state index contributed by atoms with van der Waals surface area (Å²) in [4.78, 5) is 22.3. The fourth-order valence-electron chi connectivity index (χ4n) is 1.73. The van der Waals surface area contributed by atoms with Crippen LogP contribution in [0.1, 0.15) is 19.3 Å². The summed E-state index contributed by atoms with van der Waals surface area (Å²) in [5.74, 6) is -0.938. The number of hydrogen-bond donors (Lipinski definition) is 2. The predicted molar refractivity (Wildman–Crippen MR) is 53.0 cm³/mol. The third-order valence-electron chi connectivity index (χ3n) is 2.79. The monoisotopic (exact) mass is 229 g/mol. The first-order chi connectivity index (χ1) is 7.66. The first-order valence-corrected chi connectivity index (χ1v) is 5.44.